The average molecular weight is 382 g/mol. The van der Waals surface area contributed by atoms with Gasteiger partial charge >= 0.3 is 5.97 Å². The van der Waals surface area contributed by atoms with Gasteiger partial charge in [-0.25, -0.2) is 9.18 Å². The lowest BCUT2D eigenvalue weighted by atomic mass is 9.77. The SMILES string of the molecule is COC(=O)C1=C(C)NC(C)=C(c2ccccc2F)C1c1cccc([N+](=O)[O-])c1. The highest BCUT2D eigenvalue weighted by Gasteiger charge is 2.35. The van der Waals surface area contributed by atoms with Crippen molar-refractivity contribution in [2.24, 2.45) is 0 Å². The predicted molar refractivity (Wildman–Crippen MR) is 103 cm³/mol. The predicted octanol–water partition coefficient (Wildman–Crippen LogP) is 4.30. The summed E-state index contributed by atoms with van der Waals surface area (Å²) >= 11 is 0. The lowest BCUT2D eigenvalue weighted by Gasteiger charge is -2.31. The van der Waals surface area contributed by atoms with E-state index in [9.17, 15) is 19.3 Å². The van der Waals surface area contributed by atoms with Crippen LogP contribution in [0.15, 0.2) is 65.5 Å². The number of allylic oxidation sites excluding steroid dienone is 3. The van der Waals surface area contributed by atoms with Gasteiger partial charge in [0.2, 0.25) is 0 Å². The van der Waals surface area contributed by atoms with E-state index in [1.807, 2.05) is 0 Å². The van der Waals surface area contributed by atoms with Crippen LogP contribution < -0.4 is 5.32 Å². The van der Waals surface area contributed by atoms with Crippen LogP contribution in [0.2, 0.25) is 0 Å². The van der Waals surface area contributed by atoms with E-state index in [1.54, 1.807) is 44.2 Å². The van der Waals surface area contributed by atoms with Gasteiger partial charge in [0.15, 0.2) is 0 Å². The molecule has 0 amide bonds. The van der Waals surface area contributed by atoms with E-state index in [4.69, 9.17) is 4.74 Å². The molecule has 1 unspecified atom stereocenters. The number of nitro benzene ring substituents is 1. The number of nitro groups is 1. The molecule has 1 heterocycles. The van der Waals surface area contributed by atoms with Gasteiger partial charge in [-0.1, -0.05) is 30.3 Å². The van der Waals surface area contributed by atoms with Crippen molar-refractivity contribution >= 4 is 17.2 Å². The molecule has 144 valence electrons. The Morgan fingerprint density at radius 2 is 1.86 bits per heavy atom. The Bertz CT molecular complexity index is 1030. The zero-order valence-corrected chi connectivity index (χ0v) is 15.7. The van der Waals surface area contributed by atoms with Crippen LogP contribution in [0.1, 0.15) is 30.9 Å². The Labute approximate surface area is 161 Å². The first-order valence-corrected chi connectivity index (χ1v) is 8.61. The number of non-ortho nitro benzene ring substituents is 1. The molecule has 6 nitrogen and oxygen atoms in total. The number of benzene rings is 2. The molecule has 2 aromatic carbocycles. The molecular weight excluding hydrogens is 363 g/mol. The van der Waals surface area contributed by atoms with Crippen molar-refractivity contribution in [3.63, 3.8) is 0 Å². The van der Waals surface area contributed by atoms with Crippen LogP contribution in [0.5, 0.6) is 0 Å². The molecule has 28 heavy (non-hydrogen) atoms. The highest BCUT2D eigenvalue weighted by molar-refractivity contribution is 5.97. The summed E-state index contributed by atoms with van der Waals surface area (Å²) in [4.78, 5) is 23.3. The third-order valence-electron chi connectivity index (χ3n) is 4.74. The van der Waals surface area contributed by atoms with Crippen molar-refractivity contribution in [1.82, 2.24) is 5.32 Å². The third kappa shape index (κ3) is 3.38. The molecule has 0 aromatic heterocycles. The fourth-order valence-corrected chi connectivity index (χ4v) is 3.56. The molecule has 2 aromatic rings. The van der Waals surface area contributed by atoms with Gasteiger partial charge in [-0.3, -0.25) is 10.1 Å². The third-order valence-corrected chi connectivity index (χ3v) is 4.74. The van der Waals surface area contributed by atoms with Crippen LogP contribution in [0.4, 0.5) is 10.1 Å². The maximum Gasteiger partial charge on any atom is 0.336 e. The Morgan fingerprint density at radius 3 is 2.50 bits per heavy atom. The Balaban J connectivity index is 2.30. The molecule has 0 saturated carbocycles. The highest BCUT2D eigenvalue weighted by Crippen LogP contribution is 2.44. The molecule has 0 radical (unpaired) electrons. The van der Waals surface area contributed by atoms with Gasteiger partial charge in [-0.05, 0) is 31.1 Å². The van der Waals surface area contributed by atoms with Crippen LogP contribution in [0, 0.1) is 15.9 Å². The fourth-order valence-electron chi connectivity index (χ4n) is 3.56. The molecule has 0 spiro atoms. The van der Waals surface area contributed by atoms with Crippen molar-refractivity contribution < 1.29 is 18.8 Å². The van der Waals surface area contributed by atoms with Crippen molar-refractivity contribution in [2.45, 2.75) is 19.8 Å². The van der Waals surface area contributed by atoms with E-state index in [2.05, 4.69) is 5.32 Å². The number of methoxy groups -OCH3 is 1. The van der Waals surface area contributed by atoms with Crippen LogP contribution in [0.3, 0.4) is 0 Å². The Kier molecular flexibility index (Phi) is 5.26. The van der Waals surface area contributed by atoms with Gasteiger partial charge in [-0.2, -0.15) is 0 Å². The molecule has 0 bridgehead atoms. The molecule has 0 saturated heterocycles. The molecule has 3 rings (SSSR count). The number of nitrogens with zero attached hydrogens (tertiary/aromatic N) is 1. The van der Waals surface area contributed by atoms with Gasteiger partial charge < -0.3 is 10.1 Å². The maximum atomic E-state index is 14.6. The molecular formula is C21H19FN2O4. The summed E-state index contributed by atoms with van der Waals surface area (Å²) in [7, 11) is 1.26. The van der Waals surface area contributed by atoms with Gasteiger partial charge in [0.25, 0.3) is 5.69 Å². The number of carbonyl (C=O) groups excluding carboxylic acids is 1. The van der Waals surface area contributed by atoms with E-state index in [-0.39, 0.29) is 11.3 Å². The Hall–Kier alpha value is -3.48. The van der Waals surface area contributed by atoms with Gasteiger partial charge in [0.05, 0.1) is 17.6 Å². The zero-order chi connectivity index (χ0) is 20.4. The second kappa shape index (κ2) is 7.64. The summed E-state index contributed by atoms with van der Waals surface area (Å²) in [5, 5.41) is 14.4. The van der Waals surface area contributed by atoms with Crippen LogP contribution in [0.25, 0.3) is 5.57 Å². The summed E-state index contributed by atoms with van der Waals surface area (Å²) in [6.45, 7) is 3.50. The second-order valence-corrected chi connectivity index (χ2v) is 6.46. The average Bonchev–Trinajstić information content (AvgIpc) is 2.68. The van der Waals surface area contributed by atoms with Crippen molar-refractivity contribution in [3.8, 4) is 0 Å². The van der Waals surface area contributed by atoms with Gasteiger partial charge in [-0.15, -0.1) is 0 Å². The lowest BCUT2D eigenvalue weighted by Crippen LogP contribution is -2.28. The fraction of sp³-hybridized carbons (Fsp3) is 0.190. The number of rotatable bonds is 4. The first-order chi connectivity index (χ1) is 13.3. The summed E-state index contributed by atoms with van der Waals surface area (Å²) in [5.74, 6) is -1.74. The van der Waals surface area contributed by atoms with Gasteiger partial charge in [0.1, 0.15) is 5.82 Å². The second-order valence-electron chi connectivity index (χ2n) is 6.46. The van der Waals surface area contributed by atoms with Crippen molar-refractivity contribution in [2.75, 3.05) is 7.11 Å². The number of dihydropyridines is 1. The summed E-state index contributed by atoms with van der Waals surface area (Å²) < 4.78 is 19.6. The van der Waals surface area contributed by atoms with E-state index in [0.717, 1.165) is 0 Å². The van der Waals surface area contributed by atoms with Crippen molar-refractivity contribution in [3.05, 3.63) is 92.6 Å². The van der Waals surface area contributed by atoms with E-state index in [1.165, 1.54) is 25.3 Å². The van der Waals surface area contributed by atoms with E-state index < -0.39 is 22.6 Å². The molecule has 1 aliphatic rings. The lowest BCUT2D eigenvalue weighted by molar-refractivity contribution is -0.384. The van der Waals surface area contributed by atoms with Gasteiger partial charge in [0, 0.05) is 35.0 Å². The summed E-state index contributed by atoms with van der Waals surface area (Å²) in [6.07, 6.45) is 0. The zero-order valence-electron chi connectivity index (χ0n) is 15.7. The first kappa shape index (κ1) is 19.3. The quantitative estimate of drug-likeness (QED) is 0.484. The van der Waals surface area contributed by atoms with Crippen molar-refractivity contribution in [1.29, 1.82) is 0 Å². The van der Waals surface area contributed by atoms with Crippen LogP contribution in [-0.2, 0) is 9.53 Å². The number of ether oxygens (including phenoxy) is 1. The molecule has 0 fully saturated rings. The topological polar surface area (TPSA) is 81.5 Å². The number of esters is 1. The molecule has 1 aliphatic heterocycles. The monoisotopic (exact) mass is 382 g/mol. The molecule has 0 aliphatic carbocycles. The van der Waals surface area contributed by atoms with Crippen LogP contribution in [-0.4, -0.2) is 18.0 Å². The maximum absolute atomic E-state index is 14.6. The standard InChI is InChI=1S/C21H19FN2O4/c1-12-18(16-9-4-5-10-17(16)22)20(19(13(2)23-12)21(25)28-3)14-7-6-8-15(11-14)24(26)27/h4-11,20,23H,1-3H3. The van der Waals surface area contributed by atoms with Crippen LogP contribution >= 0.6 is 0 Å². The number of halogens is 1. The normalized spacial score (nSPS) is 16.6. The highest BCUT2D eigenvalue weighted by atomic mass is 19.1. The summed E-state index contributed by atoms with van der Waals surface area (Å²) in [6, 6.07) is 12.3. The molecule has 1 N–H and O–H groups in total. The minimum Gasteiger partial charge on any atom is -0.466 e. The minimum atomic E-state index is -0.717. The number of hydrogen-bond donors (Lipinski definition) is 1. The van der Waals surface area contributed by atoms with E-state index in [0.29, 0.717) is 28.1 Å². The number of hydrogen-bond acceptors (Lipinski definition) is 5. The smallest absolute Gasteiger partial charge is 0.336 e. The minimum absolute atomic E-state index is 0.108. The molecule has 1 atom stereocenters. The number of nitrogens with one attached hydrogen (secondary N) is 1. The van der Waals surface area contributed by atoms with E-state index >= 15 is 0 Å². The first-order valence-electron chi connectivity index (χ1n) is 8.61. The molecule has 7 heteroatoms. The largest absolute Gasteiger partial charge is 0.466 e. The number of carbonyl (C=O) groups is 1. The summed E-state index contributed by atoms with van der Waals surface area (Å²) in [5.41, 5.74) is 2.75. The Morgan fingerprint density at radius 1 is 1.14 bits per heavy atom.